The van der Waals surface area contributed by atoms with Gasteiger partial charge in [-0.3, -0.25) is 0 Å². The van der Waals surface area contributed by atoms with E-state index in [1.165, 1.54) is 180 Å². The predicted molar refractivity (Wildman–Crippen MR) is 160 cm³/mol. The van der Waals surface area contributed by atoms with Crippen LogP contribution in [-0.4, -0.2) is 6.61 Å². The monoisotopic (exact) mass is 493 g/mol. The highest BCUT2D eigenvalue weighted by Crippen LogP contribution is 2.20. The largest absolute Gasteiger partial charge is 0.502 e. The smallest absolute Gasteiger partial charge is 0.0901 e. The lowest BCUT2D eigenvalue weighted by atomic mass is 9.94. The maximum absolute atomic E-state index is 5.59. The van der Waals surface area contributed by atoms with Crippen molar-refractivity contribution in [2.75, 3.05) is 6.61 Å². The van der Waals surface area contributed by atoms with Crippen molar-refractivity contribution in [1.29, 1.82) is 0 Å². The normalized spacial score (nSPS) is 12.2. The molecule has 0 saturated carbocycles. The zero-order valence-electron chi connectivity index (χ0n) is 24.8. The summed E-state index contributed by atoms with van der Waals surface area (Å²) in [5.74, 6) is 0.744. The van der Waals surface area contributed by atoms with Crippen LogP contribution in [-0.2, 0) is 4.74 Å². The Hall–Kier alpha value is -0.460. The van der Waals surface area contributed by atoms with Crippen LogP contribution in [0.25, 0.3) is 0 Å². The molecule has 0 aliphatic heterocycles. The molecule has 0 amide bonds. The molecule has 1 nitrogen and oxygen atoms in total. The topological polar surface area (TPSA) is 9.23 Å². The van der Waals surface area contributed by atoms with E-state index in [0.29, 0.717) is 0 Å². The van der Waals surface area contributed by atoms with Crippen LogP contribution in [0.1, 0.15) is 194 Å². The van der Waals surface area contributed by atoms with Crippen LogP contribution in [0.3, 0.4) is 0 Å². The van der Waals surface area contributed by atoms with Crippen LogP contribution in [0.5, 0.6) is 0 Å². The summed E-state index contributed by atoms with van der Waals surface area (Å²) >= 11 is 0. The second-order valence-corrected chi connectivity index (χ2v) is 11.4. The summed E-state index contributed by atoms with van der Waals surface area (Å²) in [5.41, 5.74) is 0. The Labute approximate surface area is 223 Å². The summed E-state index contributed by atoms with van der Waals surface area (Å²) in [6, 6.07) is 0. The molecule has 0 N–H and O–H groups in total. The third-order valence-corrected chi connectivity index (χ3v) is 7.88. The van der Waals surface area contributed by atoms with Gasteiger partial charge in [0.2, 0.25) is 0 Å². The molecule has 0 rings (SSSR count). The van der Waals surface area contributed by atoms with Gasteiger partial charge in [0.05, 0.1) is 12.9 Å². The lowest BCUT2D eigenvalue weighted by Gasteiger charge is -2.16. The first-order chi connectivity index (χ1) is 17.3. The molecule has 0 spiro atoms. The van der Waals surface area contributed by atoms with Gasteiger partial charge < -0.3 is 4.74 Å². The van der Waals surface area contributed by atoms with E-state index in [-0.39, 0.29) is 0 Å². The second kappa shape index (κ2) is 31.6. The fraction of sp³-hybridized carbons (Fsp3) is 0.941. The molecule has 0 aromatic heterocycles. The average Bonchev–Trinajstić information content (AvgIpc) is 2.87. The third kappa shape index (κ3) is 29.7. The molecule has 35 heavy (non-hydrogen) atoms. The number of hydrogen-bond acceptors (Lipinski definition) is 1. The molecule has 0 bridgehead atoms. The van der Waals surface area contributed by atoms with Crippen molar-refractivity contribution >= 4 is 0 Å². The maximum Gasteiger partial charge on any atom is 0.0901 e. The highest BCUT2D eigenvalue weighted by molar-refractivity contribution is 4.63. The molecule has 0 aliphatic rings. The summed E-state index contributed by atoms with van der Waals surface area (Å²) in [4.78, 5) is 0. The quantitative estimate of drug-likeness (QED) is 0.0690. The molecule has 0 radical (unpaired) electrons. The van der Waals surface area contributed by atoms with E-state index in [9.17, 15) is 0 Å². The minimum atomic E-state index is 0.744. The van der Waals surface area contributed by atoms with E-state index in [4.69, 9.17) is 4.74 Å². The fourth-order valence-corrected chi connectivity index (χ4v) is 5.42. The van der Waals surface area contributed by atoms with Crippen LogP contribution in [0.15, 0.2) is 12.8 Å². The number of unbranched alkanes of at least 4 members (excludes halogenated alkanes) is 24. The molecule has 0 aromatic carbocycles. The van der Waals surface area contributed by atoms with Gasteiger partial charge in [-0.2, -0.15) is 0 Å². The Balaban J connectivity index is 3.48. The van der Waals surface area contributed by atoms with E-state index < -0.39 is 0 Å². The van der Waals surface area contributed by atoms with Crippen LogP contribution >= 0.6 is 0 Å². The molecule has 0 fully saturated rings. The standard InChI is InChI=1S/C34H68O/c1-4-7-9-11-13-15-17-19-20-22-24-26-28-30-32-34(33-35-6-3)31-29-27-25-23-21-18-16-14-12-10-8-5-2/h6,34H,3-5,7-33H2,1-2H3. The predicted octanol–water partition coefficient (Wildman–Crippen LogP) is 12.7. The summed E-state index contributed by atoms with van der Waals surface area (Å²) in [6.07, 6.45) is 41.8. The average molecular weight is 493 g/mol. The molecule has 0 aliphatic carbocycles. The zero-order chi connectivity index (χ0) is 25.5. The van der Waals surface area contributed by atoms with E-state index in [0.717, 1.165) is 12.5 Å². The van der Waals surface area contributed by atoms with Crippen LogP contribution in [0.2, 0.25) is 0 Å². The highest BCUT2D eigenvalue weighted by atomic mass is 16.5. The SMILES string of the molecule is C=COCC(CCCCCCCCCCCCCC)CCCCCCCCCCCCCCCC. The summed E-state index contributed by atoms with van der Waals surface area (Å²) in [7, 11) is 0. The number of rotatable bonds is 31. The Morgan fingerprint density at radius 2 is 0.686 bits per heavy atom. The van der Waals surface area contributed by atoms with Gasteiger partial charge in [-0.05, 0) is 18.8 Å². The van der Waals surface area contributed by atoms with E-state index >= 15 is 0 Å². The van der Waals surface area contributed by atoms with Gasteiger partial charge in [0.15, 0.2) is 0 Å². The Kier molecular flexibility index (Phi) is 31.2. The Morgan fingerprint density at radius 3 is 0.943 bits per heavy atom. The first-order valence-corrected chi connectivity index (χ1v) is 16.6. The van der Waals surface area contributed by atoms with E-state index in [2.05, 4.69) is 20.4 Å². The lowest BCUT2D eigenvalue weighted by Crippen LogP contribution is -2.08. The van der Waals surface area contributed by atoms with Gasteiger partial charge >= 0.3 is 0 Å². The van der Waals surface area contributed by atoms with E-state index in [1.807, 2.05) is 0 Å². The molecule has 210 valence electrons. The molecule has 0 saturated heterocycles. The van der Waals surface area contributed by atoms with Crippen molar-refractivity contribution in [2.45, 2.75) is 194 Å². The van der Waals surface area contributed by atoms with E-state index in [1.54, 1.807) is 6.26 Å². The first kappa shape index (κ1) is 34.5. The van der Waals surface area contributed by atoms with Gasteiger partial charge in [-0.25, -0.2) is 0 Å². The van der Waals surface area contributed by atoms with Crippen molar-refractivity contribution in [3.8, 4) is 0 Å². The Morgan fingerprint density at radius 1 is 0.429 bits per heavy atom. The lowest BCUT2D eigenvalue weighted by molar-refractivity contribution is 0.177. The van der Waals surface area contributed by atoms with Crippen molar-refractivity contribution < 1.29 is 4.74 Å². The maximum atomic E-state index is 5.59. The molecule has 0 heterocycles. The van der Waals surface area contributed by atoms with Gasteiger partial charge in [-0.15, -0.1) is 0 Å². The molecule has 1 atom stereocenters. The number of ether oxygens (including phenoxy) is 1. The Bertz CT molecular complexity index is 377. The minimum Gasteiger partial charge on any atom is -0.502 e. The first-order valence-electron chi connectivity index (χ1n) is 16.6. The summed E-state index contributed by atoms with van der Waals surface area (Å²) in [5, 5.41) is 0. The number of hydrogen-bond donors (Lipinski definition) is 0. The molecule has 1 heteroatoms. The van der Waals surface area contributed by atoms with Crippen LogP contribution in [0, 0.1) is 5.92 Å². The minimum absolute atomic E-state index is 0.744. The van der Waals surface area contributed by atoms with Gasteiger partial charge in [0, 0.05) is 0 Å². The second-order valence-electron chi connectivity index (χ2n) is 11.4. The molecule has 0 aromatic rings. The summed E-state index contributed by atoms with van der Waals surface area (Å²) < 4.78 is 5.59. The highest BCUT2D eigenvalue weighted by Gasteiger charge is 2.09. The molecular weight excluding hydrogens is 424 g/mol. The fourth-order valence-electron chi connectivity index (χ4n) is 5.42. The van der Waals surface area contributed by atoms with Crippen molar-refractivity contribution in [3.05, 3.63) is 12.8 Å². The van der Waals surface area contributed by atoms with Crippen molar-refractivity contribution in [1.82, 2.24) is 0 Å². The summed E-state index contributed by atoms with van der Waals surface area (Å²) in [6.45, 7) is 9.24. The van der Waals surface area contributed by atoms with Crippen LogP contribution < -0.4 is 0 Å². The third-order valence-electron chi connectivity index (χ3n) is 7.88. The van der Waals surface area contributed by atoms with Gasteiger partial charge in [-0.1, -0.05) is 187 Å². The van der Waals surface area contributed by atoms with Gasteiger partial charge in [0.25, 0.3) is 0 Å². The van der Waals surface area contributed by atoms with Crippen molar-refractivity contribution in [3.63, 3.8) is 0 Å². The van der Waals surface area contributed by atoms with Crippen LogP contribution in [0.4, 0.5) is 0 Å². The molecule has 1 unspecified atom stereocenters. The van der Waals surface area contributed by atoms with Crippen molar-refractivity contribution in [2.24, 2.45) is 5.92 Å². The zero-order valence-corrected chi connectivity index (χ0v) is 24.8. The molecular formula is C34H68O. The van der Waals surface area contributed by atoms with Gasteiger partial charge in [0.1, 0.15) is 0 Å².